The number of fused-ring (bicyclic) bond motifs is 1. The van der Waals surface area contributed by atoms with Crippen LogP contribution in [0.1, 0.15) is 24.5 Å². The molecule has 9 N–H and O–H groups in total. The first kappa shape index (κ1) is 29.6. The van der Waals surface area contributed by atoms with Crippen LogP contribution in [-0.2, 0) is 36.8 Å². The number of phenolic OH excluding ortho intramolecular Hbond substituents is 1. The van der Waals surface area contributed by atoms with Gasteiger partial charge in [0.2, 0.25) is 17.7 Å². The van der Waals surface area contributed by atoms with Crippen molar-refractivity contribution in [3.05, 3.63) is 65.9 Å². The number of aromatic nitrogens is 1. The predicted molar refractivity (Wildman–Crippen MR) is 143 cm³/mol. The van der Waals surface area contributed by atoms with Crippen molar-refractivity contribution < 1.29 is 39.3 Å². The minimum absolute atomic E-state index is 0.0109. The van der Waals surface area contributed by atoms with E-state index in [1.807, 2.05) is 12.1 Å². The van der Waals surface area contributed by atoms with Gasteiger partial charge in [0.15, 0.2) is 0 Å². The summed E-state index contributed by atoms with van der Waals surface area (Å²) in [7, 11) is 0. The van der Waals surface area contributed by atoms with E-state index < -0.39 is 60.2 Å². The SMILES string of the molecule is CC(N)C(=O)NC(Cc1ccc(O)cc1)C(=O)NC(CC(=O)O)C(=O)NC(Cc1c[nH]c2ccccc12)C(=O)O. The van der Waals surface area contributed by atoms with Crippen LogP contribution in [0.25, 0.3) is 10.9 Å². The maximum Gasteiger partial charge on any atom is 0.326 e. The molecule has 1 heterocycles. The molecule has 40 heavy (non-hydrogen) atoms. The summed E-state index contributed by atoms with van der Waals surface area (Å²) in [6.45, 7) is 1.41. The molecule has 0 bridgehead atoms. The van der Waals surface area contributed by atoms with E-state index >= 15 is 0 Å². The van der Waals surface area contributed by atoms with Crippen molar-refractivity contribution in [2.75, 3.05) is 0 Å². The van der Waals surface area contributed by atoms with Gasteiger partial charge < -0.3 is 42.0 Å². The van der Waals surface area contributed by atoms with Gasteiger partial charge in [0.05, 0.1) is 12.5 Å². The molecule has 0 aliphatic heterocycles. The number of aromatic amines is 1. The summed E-state index contributed by atoms with van der Waals surface area (Å²) in [4.78, 5) is 65.0. The van der Waals surface area contributed by atoms with Crippen LogP contribution in [-0.4, -0.2) is 74.1 Å². The highest BCUT2D eigenvalue weighted by molar-refractivity contribution is 5.96. The van der Waals surface area contributed by atoms with E-state index in [4.69, 9.17) is 5.73 Å². The highest BCUT2D eigenvalue weighted by Gasteiger charge is 2.32. The van der Waals surface area contributed by atoms with Crippen molar-refractivity contribution in [1.82, 2.24) is 20.9 Å². The second-order valence-electron chi connectivity index (χ2n) is 9.34. The Morgan fingerprint density at radius 1 is 0.825 bits per heavy atom. The van der Waals surface area contributed by atoms with Crippen LogP contribution in [0.4, 0.5) is 0 Å². The topological polar surface area (TPSA) is 224 Å². The minimum Gasteiger partial charge on any atom is -0.508 e. The molecule has 13 nitrogen and oxygen atoms in total. The van der Waals surface area contributed by atoms with Gasteiger partial charge in [0.25, 0.3) is 0 Å². The molecule has 4 unspecified atom stereocenters. The Kier molecular flexibility index (Phi) is 9.81. The van der Waals surface area contributed by atoms with Crippen LogP contribution in [0.3, 0.4) is 0 Å². The molecule has 0 radical (unpaired) electrons. The number of carboxylic acids is 2. The van der Waals surface area contributed by atoms with Gasteiger partial charge in [0.1, 0.15) is 23.9 Å². The summed E-state index contributed by atoms with van der Waals surface area (Å²) in [6, 6.07) is 7.72. The molecule has 0 saturated carbocycles. The average molecular weight is 554 g/mol. The molecule has 2 aromatic carbocycles. The maximum atomic E-state index is 13.2. The first-order valence-corrected chi connectivity index (χ1v) is 12.4. The third kappa shape index (κ3) is 8.04. The molecule has 4 atom stereocenters. The Balaban J connectivity index is 1.78. The molecule has 13 heteroatoms. The smallest absolute Gasteiger partial charge is 0.326 e. The summed E-state index contributed by atoms with van der Waals surface area (Å²) in [5.41, 5.74) is 7.55. The molecule has 0 fully saturated rings. The lowest BCUT2D eigenvalue weighted by Crippen LogP contribution is -2.58. The summed E-state index contributed by atoms with van der Waals surface area (Å²) in [5.74, 6) is -5.35. The zero-order valence-electron chi connectivity index (χ0n) is 21.6. The lowest BCUT2D eigenvalue weighted by Gasteiger charge is -2.24. The summed E-state index contributed by atoms with van der Waals surface area (Å²) in [5, 5.41) is 36.5. The van der Waals surface area contributed by atoms with E-state index in [2.05, 4.69) is 20.9 Å². The number of aliphatic carboxylic acids is 2. The van der Waals surface area contributed by atoms with E-state index in [9.17, 15) is 39.3 Å². The van der Waals surface area contributed by atoms with E-state index in [0.717, 1.165) is 10.9 Å². The lowest BCUT2D eigenvalue weighted by atomic mass is 10.0. The molecule has 0 aliphatic rings. The number of para-hydroxylation sites is 1. The second-order valence-corrected chi connectivity index (χ2v) is 9.34. The van der Waals surface area contributed by atoms with Crippen LogP contribution < -0.4 is 21.7 Å². The zero-order valence-corrected chi connectivity index (χ0v) is 21.6. The molecule has 0 saturated heterocycles. The quantitative estimate of drug-likeness (QED) is 0.143. The Morgan fingerprint density at radius 2 is 1.43 bits per heavy atom. The number of hydrogen-bond acceptors (Lipinski definition) is 7. The second kappa shape index (κ2) is 13.2. The summed E-state index contributed by atoms with van der Waals surface area (Å²) in [6.07, 6.45) is 0.611. The molecule has 0 spiro atoms. The lowest BCUT2D eigenvalue weighted by molar-refractivity contribution is -0.143. The van der Waals surface area contributed by atoms with Crippen molar-refractivity contribution in [3.8, 4) is 5.75 Å². The first-order chi connectivity index (χ1) is 18.9. The van der Waals surface area contributed by atoms with Crippen molar-refractivity contribution in [1.29, 1.82) is 0 Å². The van der Waals surface area contributed by atoms with Gasteiger partial charge in [-0.25, -0.2) is 4.79 Å². The Labute approximate surface area is 228 Å². The van der Waals surface area contributed by atoms with Gasteiger partial charge in [-0.15, -0.1) is 0 Å². The van der Waals surface area contributed by atoms with Crippen molar-refractivity contribution in [2.24, 2.45) is 5.73 Å². The van der Waals surface area contributed by atoms with Gasteiger partial charge in [-0.3, -0.25) is 19.2 Å². The number of aromatic hydroxyl groups is 1. The number of nitrogens with one attached hydrogen (secondary N) is 4. The number of amides is 3. The first-order valence-electron chi connectivity index (χ1n) is 12.4. The van der Waals surface area contributed by atoms with Crippen molar-refractivity contribution >= 4 is 40.6 Å². The molecular formula is C27H31N5O8. The number of H-pyrrole nitrogens is 1. The van der Waals surface area contributed by atoms with E-state index in [-0.39, 0.29) is 18.6 Å². The highest BCUT2D eigenvalue weighted by atomic mass is 16.4. The number of carbonyl (C=O) groups excluding carboxylic acids is 3. The number of phenols is 1. The van der Waals surface area contributed by atoms with Crippen LogP contribution in [0.15, 0.2) is 54.7 Å². The van der Waals surface area contributed by atoms with E-state index in [0.29, 0.717) is 11.1 Å². The number of nitrogens with two attached hydrogens (primary N) is 1. The summed E-state index contributed by atoms with van der Waals surface area (Å²) >= 11 is 0. The fourth-order valence-electron chi connectivity index (χ4n) is 4.03. The van der Waals surface area contributed by atoms with Gasteiger partial charge >= 0.3 is 11.9 Å². The third-order valence-corrected chi connectivity index (χ3v) is 6.15. The standard InChI is InChI=1S/C27H31N5O8/c1-14(28)24(36)30-20(10-15-6-8-17(33)9-7-15)25(37)31-21(12-23(34)35)26(38)32-22(27(39)40)11-16-13-29-19-5-3-2-4-18(16)19/h2-9,13-14,20-22,29,33H,10-12,28H2,1H3,(H,30,36)(H,31,37)(H,32,38)(H,34,35)(H,39,40). The van der Waals surface area contributed by atoms with E-state index in [1.165, 1.54) is 31.2 Å². The van der Waals surface area contributed by atoms with Gasteiger partial charge in [0, 0.05) is 29.9 Å². The maximum absolute atomic E-state index is 13.2. The number of benzene rings is 2. The molecule has 3 amide bonds. The summed E-state index contributed by atoms with van der Waals surface area (Å²) < 4.78 is 0. The van der Waals surface area contributed by atoms with Gasteiger partial charge in [-0.05, 0) is 36.2 Å². The number of carboxylic acid groups (broad SMARTS) is 2. The normalized spacial score (nSPS) is 13.9. The third-order valence-electron chi connectivity index (χ3n) is 6.15. The predicted octanol–water partition coefficient (Wildman–Crippen LogP) is 0.0196. The highest BCUT2D eigenvalue weighted by Crippen LogP contribution is 2.19. The zero-order chi connectivity index (χ0) is 29.4. The Bertz CT molecular complexity index is 1390. The van der Waals surface area contributed by atoms with Crippen molar-refractivity contribution in [3.63, 3.8) is 0 Å². The van der Waals surface area contributed by atoms with Crippen molar-refractivity contribution in [2.45, 2.75) is 50.4 Å². The van der Waals surface area contributed by atoms with Gasteiger partial charge in [-0.1, -0.05) is 30.3 Å². The molecular weight excluding hydrogens is 522 g/mol. The largest absolute Gasteiger partial charge is 0.508 e. The number of hydrogen-bond donors (Lipinski definition) is 8. The fraction of sp³-hybridized carbons (Fsp3) is 0.296. The number of rotatable bonds is 13. The van der Waals surface area contributed by atoms with Crippen LogP contribution in [0, 0.1) is 0 Å². The molecule has 1 aromatic heterocycles. The fourth-order valence-corrected chi connectivity index (χ4v) is 4.03. The van der Waals surface area contributed by atoms with Crippen LogP contribution in [0.5, 0.6) is 5.75 Å². The molecule has 0 aliphatic carbocycles. The van der Waals surface area contributed by atoms with Gasteiger partial charge in [-0.2, -0.15) is 0 Å². The van der Waals surface area contributed by atoms with E-state index in [1.54, 1.807) is 18.3 Å². The average Bonchev–Trinajstić information content (AvgIpc) is 3.31. The molecule has 3 aromatic rings. The number of carbonyl (C=O) groups is 5. The monoisotopic (exact) mass is 553 g/mol. The Morgan fingerprint density at radius 3 is 2.05 bits per heavy atom. The minimum atomic E-state index is -1.65. The Hall–Kier alpha value is -4.91. The molecule has 3 rings (SSSR count). The van der Waals surface area contributed by atoms with Crippen LogP contribution in [0.2, 0.25) is 0 Å². The molecule has 212 valence electrons. The van der Waals surface area contributed by atoms with Crippen LogP contribution >= 0.6 is 0 Å².